The highest BCUT2D eigenvalue weighted by Crippen LogP contribution is 2.41. The summed E-state index contributed by atoms with van der Waals surface area (Å²) in [6.45, 7) is 1.73. The first kappa shape index (κ1) is 17.5. The second-order valence-corrected chi connectivity index (χ2v) is 7.88. The molecule has 140 valence electrons. The van der Waals surface area contributed by atoms with E-state index < -0.39 is 12.0 Å². The minimum absolute atomic E-state index is 0.0291. The van der Waals surface area contributed by atoms with E-state index in [2.05, 4.69) is 9.97 Å². The van der Waals surface area contributed by atoms with E-state index >= 15 is 0 Å². The highest BCUT2D eigenvalue weighted by Gasteiger charge is 2.48. The van der Waals surface area contributed by atoms with Gasteiger partial charge in [0, 0.05) is 19.1 Å². The lowest BCUT2D eigenvalue weighted by Crippen LogP contribution is -2.46. The zero-order valence-corrected chi connectivity index (χ0v) is 15.4. The highest BCUT2D eigenvalue weighted by atomic mass is 35.5. The van der Waals surface area contributed by atoms with Gasteiger partial charge in [-0.2, -0.15) is 0 Å². The van der Waals surface area contributed by atoms with Gasteiger partial charge in [-0.25, -0.2) is 14.8 Å². The van der Waals surface area contributed by atoms with Crippen molar-refractivity contribution >= 4 is 29.4 Å². The summed E-state index contributed by atoms with van der Waals surface area (Å²) in [6, 6.07) is -0.824. The zero-order valence-electron chi connectivity index (χ0n) is 14.6. The number of carbonyl (C=O) groups is 2. The largest absolute Gasteiger partial charge is 0.480 e. The Morgan fingerprint density at radius 3 is 2.62 bits per heavy atom. The smallest absolute Gasteiger partial charge is 0.326 e. The number of amides is 1. The first-order valence-corrected chi connectivity index (χ1v) is 9.77. The van der Waals surface area contributed by atoms with E-state index in [4.69, 9.17) is 11.6 Å². The molecule has 26 heavy (non-hydrogen) atoms. The maximum Gasteiger partial charge on any atom is 0.326 e. The molecule has 2 aliphatic heterocycles. The minimum Gasteiger partial charge on any atom is -0.480 e. The predicted octanol–water partition coefficient (Wildman–Crippen LogP) is 2.59. The average molecular weight is 379 g/mol. The fourth-order valence-corrected chi connectivity index (χ4v) is 4.84. The van der Waals surface area contributed by atoms with Crippen molar-refractivity contribution in [2.75, 3.05) is 18.0 Å². The van der Waals surface area contributed by atoms with Gasteiger partial charge in [-0.1, -0.05) is 24.4 Å². The van der Waals surface area contributed by atoms with E-state index in [9.17, 15) is 14.7 Å². The number of aromatic nitrogens is 2. The molecule has 2 saturated heterocycles. The number of likely N-dealkylation sites (tertiary alicyclic amines) is 1. The summed E-state index contributed by atoms with van der Waals surface area (Å²) in [5.41, 5.74) is 0.126. The van der Waals surface area contributed by atoms with Crippen molar-refractivity contribution in [3.63, 3.8) is 0 Å². The van der Waals surface area contributed by atoms with Crippen LogP contribution in [0.4, 0.5) is 5.95 Å². The summed E-state index contributed by atoms with van der Waals surface area (Å²) >= 11 is 6.24. The molecule has 3 fully saturated rings. The number of hydrogen-bond donors (Lipinski definition) is 1. The van der Waals surface area contributed by atoms with Crippen molar-refractivity contribution in [3.8, 4) is 0 Å². The summed E-state index contributed by atoms with van der Waals surface area (Å²) in [7, 11) is 0. The van der Waals surface area contributed by atoms with Crippen molar-refractivity contribution in [2.45, 2.75) is 57.0 Å². The van der Waals surface area contributed by atoms with Crippen molar-refractivity contribution < 1.29 is 14.7 Å². The highest BCUT2D eigenvalue weighted by molar-refractivity contribution is 6.33. The van der Waals surface area contributed by atoms with Crippen LogP contribution >= 0.6 is 11.6 Å². The van der Waals surface area contributed by atoms with Crippen LogP contribution in [0.3, 0.4) is 0 Å². The number of aliphatic carboxylic acids is 1. The fourth-order valence-electron chi connectivity index (χ4n) is 4.67. The topological polar surface area (TPSA) is 86.6 Å². The van der Waals surface area contributed by atoms with E-state index in [1.807, 2.05) is 4.90 Å². The van der Waals surface area contributed by atoms with Crippen LogP contribution in [0.5, 0.6) is 0 Å². The minimum atomic E-state index is -0.947. The third-order valence-corrected chi connectivity index (χ3v) is 6.21. The maximum atomic E-state index is 13.3. The summed E-state index contributed by atoms with van der Waals surface area (Å²) < 4.78 is 0. The van der Waals surface area contributed by atoms with Gasteiger partial charge < -0.3 is 14.9 Å². The molecule has 1 N–H and O–H groups in total. The molecule has 3 heterocycles. The first-order valence-electron chi connectivity index (χ1n) is 9.39. The molecule has 0 spiro atoms. The molecule has 3 atom stereocenters. The van der Waals surface area contributed by atoms with Gasteiger partial charge in [-0.3, -0.25) is 4.79 Å². The molecule has 8 heteroatoms. The van der Waals surface area contributed by atoms with E-state index in [1.54, 1.807) is 0 Å². The number of rotatable bonds is 3. The number of carboxylic acids is 1. The van der Waals surface area contributed by atoms with Crippen molar-refractivity contribution in [2.24, 2.45) is 5.92 Å². The Morgan fingerprint density at radius 1 is 1.15 bits per heavy atom. The van der Waals surface area contributed by atoms with Crippen molar-refractivity contribution in [3.05, 3.63) is 16.9 Å². The van der Waals surface area contributed by atoms with Gasteiger partial charge in [0.2, 0.25) is 5.95 Å². The van der Waals surface area contributed by atoms with Gasteiger partial charge in [0.1, 0.15) is 6.04 Å². The van der Waals surface area contributed by atoms with Crippen molar-refractivity contribution in [1.29, 1.82) is 0 Å². The number of hydrogen-bond acceptors (Lipinski definition) is 5. The maximum absolute atomic E-state index is 13.3. The number of carbonyl (C=O) groups excluding carboxylic acids is 1. The number of halogens is 1. The lowest BCUT2D eigenvalue weighted by Gasteiger charge is -2.33. The van der Waals surface area contributed by atoms with Crippen LogP contribution < -0.4 is 4.90 Å². The van der Waals surface area contributed by atoms with Crippen LogP contribution in [0.25, 0.3) is 0 Å². The molecule has 0 unspecified atom stereocenters. The molecule has 3 aliphatic rings. The van der Waals surface area contributed by atoms with Crippen molar-refractivity contribution in [1.82, 2.24) is 14.9 Å². The predicted molar refractivity (Wildman–Crippen MR) is 96.4 cm³/mol. The quantitative estimate of drug-likeness (QED) is 0.869. The molecule has 1 amide bonds. The van der Waals surface area contributed by atoms with Crippen LogP contribution in [0.2, 0.25) is 5.02 Å². The third kappa shape index (κ3) is 3.02. The van der Waals surface area contributed by atoms with Gasteiger partial charge in [-0.15, -0.1) is 0 Å². The molecule has 0 aromatic carbocycles. The van der Waals surface area contributed by atoms with Crippen LogP contribution in [-0.2, 0) is 4.79 Å². The summed E-state index contributed by atoms with van der Waals surface area (Å²) in [4.78, 5) is 37.3. The SMILES string of the molecule is O=C(O)[C@@H]1C[C@@H]2CCCC[C@@H]2N1C(=O)c1nc(N2CCCC2)ncc1Cl. The van der Waals surface area contributed by atoms with Crippen LogP contribution in [0.1, 0.15) is 55.4 Å². The molecular weight excluding hydrogens is 356 g/mol. The number of nitrogens with zero attached hydrogens (tertiary/aromatic N) is 4. The Labute approximate surface area is 157 Å². The second kappa shape index (κ2) is 7.02. The van der Waals surface area contributed by atoms with Gasteiger partial charge in [0.25, 0.3) is 5.91 Å². The Balaban J connectivity index is 1.66. The Hall–Kier alpha value is -1.89. The normalized spacial score (nSPS) is 28.3. The van der Waals surface area contributed by atoms with Crippen LogP contribution in [0.15, 0.2) is 6.20 Å². The van der Waals surface area contributed by atoms with Gasteiger partial charge in [0.05, 0.1) is 11.2 Å². The molecule has 0 bridgehead atoms. The summed E-state index contributed by atoms with van der Waals surface area (Å²) in [5, 5.41) is 9.84. The number of anilines is 1. The molecule has 0 radical (unpaired) electrons. The summed E-state index contributed by atoms with van der Waals surface area (Å²) in [6.07, 6.45) is 8.08. The second-order valence-electron chi connectivity index (χ2n) is 7.47. The molecule has 1 aliphatic carbocycles. The fraction of sp³-hybridized carbons (Fsp3) is 0.667. The summed E-state index contributed by atoms with van der Waals surface area (Å²) in [5.74, 6) is -0.564. The van der Waals surface area contributed by atoms with E-state index in [0.29, 0.717) is 12.4 Å². The van der Waals surface area contributed by atoms with Gasteiger partial charge in [-0.05, 0) is 38.0 Å². The van der Waals surface area contributed by atoms with Gasteiger partial charge >= 0.3 is 5.97 Å². The Kier molecular flexibility index (Phi) is 4.73. The Bertz CT molecular complexity index is 722. The van der Waals surface area contributed by atoms with E-state index in [-0.39, 0.29) is 28.6 Å². The monoisotopic (exact) mass is 378 g/mol. The van der Waals surface area contributed by atoms with Crippen LogP contribution in [-0.4, -0.2) is 57.0 Å². The molecule has 7 nitrogen and oxygen atoms in total. The zero-order chi connectivity index (χ0) is 18.3. The lowest BCUT2D eigenvalue weighted by molar-refractivity contribution is -0.141. The molecule has 1 saturated carbocycles. The van der Waals surface area contributed by atoms with E-state index in [1.165, 1.54) is 11.1 Å². The van der Waals surface area contributed by atoms with E-state index in [0.717, 1.165) is 51.6 Å². The average Bonchev–Trinajstić information content (AvgIpc) is 3.29. The molecule has 4 rings (SSSR count). The molecular formula is C18H23ClN4O3. The van der Waals surface area contributed by atoms with Gasteiger partial charge in [0.15, 0.2) is 5.69 Å². The van der Waals surface area contributed by atoms with Crippen LogP contribution in [0, 0.1) is 5.92 Å². The Morgan fingerprint density at radius 2 is 1.88 bits per heavy atom. The third-order valence-electron chi connectivity index (χ3n) is 5.93. The molecule has 1 aromatic heterocycles. The lowest BCUT2D eigenvalue weighted by atomic mass is 9.84. The standard InChI is InChI=1S/C18H23ClN4O3/c19-12-10-20-18(22-7-3-4-8-22)21-15(12)16(24)23-13-6-2-1-5-11(13)9-14(23)17(25)26/h10-11,13-14H,1-9H2,(H,25,26)/t11-,13-,14-/m0/s1. The first-order chi connectivity index (χ1) is 12.6. The molecule has 1 aromatic rings. The number of carboxylic acid groups (broad SMARTS) is 1. The number of fused-ring (bicyclic) bond motifs is 1.